The van der Waals surface area contributed by atoms with Crippen LogP contribution in [0, 0.1) is 5.41 Å². The maximum Gasteiger partial charge on any atom is 0.312 e. The third-order valence-electron chi connectivity index (χ3n) is 5.33. The zero-order valence-electron chi connectivity index (χ0n) is 16.6. The van der Waals surface area contributed by atoms with Crippen molar-refractivity contribution in [2.45, 2.75) is 39.7 Å². The summed E-state index contributed by atoms with van der Waals surface area (Å²) in [6, 6.07) is 15.5. The Kier molecular flexibility index (Phi) is 5.73. The summed E-state index contributed by atoms with van der Waals surface area (Å²) in [4.78, 5) is 26.2. The molecule has 28 heavy (non-hydrogen) atoms. The van der Waals surface area contributed by atoms with Gasteiger partial charge in [0.1, 0.15) is 12.4 Å². The van der Waals surface area contributed by atoms with Crippen molar-refractivity contribution in [3.8, 4) is 5.75 Å². The van der Waals surface area contributed by atoms with Crippen LogP contribution in [0.15, 0.2) is 48.5 Å². The Morgan fingerprint density at radius 3 is 2.50 bits per heavy atom. The first-order valence-electron chi connectivity index (χ1n) is 9.62. The highest BCUT2D eigenvalue weighted by atomic mass is 16.5. The number of Topliss-reactive ketones (excluding diaryl/α,β-unsaturated/α-hetero) is 1. The molecule has 0 radical (unpaired) electrons. The monoisotopic (exact) mass is 381 g/mol. The van der Waals surface area contributed by atoms with Gasteiger partial charge in [-0.3, -0.25) is 9.59 Å². The number of carbonyl (C=O) groups is 2. The number of fused-ring (bicyclic) bond motifs is 1. The number of hydrogen-bond acceptors (Lipinski definition) is 4. The highest BCUT2D eigenvalue weighted by molar-refractivity contribution is 5.99. The van der Waals surface area contributed by atoms with Gasteiger partial charge in [0, 0.05) is 17.3 Å². The number of aliphatic carboxylic acids is 1. The van der Waals surface area contributed by atoms with Gasteiger partial charge in [-0.1, -0.05) is 18.2 Å². The summed E-state index contributed by atoms with van der Waals surface area (Å²) < 4.78 is 5.58. The van der Waals surface area contributed by atoms with Crippen LogP contribution in [0.25, 0.3) is 0 Å². The minimum absolute atomic E-state index is 0.0565. The Hall–Kier alpha value is -2.82. The number of carboxylic acid groups (broad SMARTS) is 1. The molecule has 1 N–H and O–H groups in total. The van der Waals surface area contributed by atoms with Crippen LogP contribution in [0.5, 0.6) is 5.75 Å². The van der Waals surface area contributed by atoms with E-state index in [0.29, 0.717) is 23.9 Å². The van der Waals surface area contributed by atoms with Gasteiger partial charge in [-0.25, -0.2) is 0 Å². The predicted octanol–water partition coefficient (Wildman–Crippen LogP) is 4.20. The molecule has 148 valence electrons. The average molecular weight is 381 g/mol. The largest absolute Gasteiger partial charge is 0.492 e. The van der Waals surface area contributed by atoms with Crippen molar-refractivity contribution < 1.29 is 19.4 Å². The normalized spacial score (nSPS) is 16.4. The van der Waals surface area contributed by atoms with Gasteiger partial charge in [-0.2, -0.15) is 0 Å². The zero-order valence-corrected chi connectivity index (χ0v) is 16.6. The summed E-state index contributed by atoms with van der Waals surface area (Å²) in [7, 11) is 0. The third-order valence-corrected chi connectivity index (χ3v) is 5.33. The topological polar surface area (TPSA) is 66.8 Å². The molecule has 1 atom stereocenters. The van der Waals surface area contributed by atoms with Crippen molar-refractivity contribution in [1.82, 2.24) is 0 Å². The molecular formula is C23H27NO4. The van der Waals surface area contributed by atoms with Crippen LogP contribution in [-0.2, 0) is 11.2 Å². The SMILES string of the molecule is CC1CCc2ccccc2N1CC(=O)c1ccc(OCC(C)(C)C(=O)O)cc1. The molecule has 0 spiro atoms. The summed E-state index contributed by atoms with van der Waals surface area (Å²) in [5.74, 6) is -0.293. The molecule has 1 aliphatic heterocycles. The minimum Gasteiger partial charge on any atom is -0.492 e. The van der Waals surface area contributed by atoms with Gasteiger partial charge in [0.25, 0.3) is 0 Å². The second-order valence-electron chi connectivity index (χ2n) is 8.07. The Morgan fingerprint density at radius 1 is 1.14 bits per heavy atom. The first-order valence-corrected chi connectivity index (χ1v) is 9.62. The number of benzene rings is 2. The fourth-order valence-electron chi connectivity index (χ4n) is 3.31. The van der Waals surface area contributed by atoms with E-state index in [1.165, 1.54) is 5.56 Å². The number of para-hydroxylation sites is 1. The molecule has 2 aromatic rings. The van der Waals surface area contributed by atoms with Gasteiger partial charge in [0.05, 0.1) is 12.0 Å². The van der Waals surface area contributed by atoms with Crippen LogP contribution in [0.3, 0.4) is 0 Å². The maximum absolute atomic E-state index is 12.8. The third kappa shape index (κ3) is 4.35. The smallest absolute Gasteiger partial charge is 0.312 e. The summed E-state index contributed by atoms with van der Waals surface area (Å²) in [5, 5.41) is 9.15. The van der Waals surface area contributed by atoms with Crippen molar-refractivity contribution in [3.63, 3.8) is 0 Å². The van der Waals surface area contributed by atoms with E-state index < -0.39 is 11.4 Å². The first kappa shape index (κ1) is 19.9. The van der Waals surface area contributed by atoms with Gasteiger partial charge >= 0.3 is 5.97 Å². The average Bonchev–Trinajstić information content (AvgIpc) is 2.69. The highest BCUT2D eigenvalue weighted by Gasteiger charge is 2.28. The first-order chi connectivity index (χ1) is 13.3. The molecule has 1 aliphatic rings. The second kappa shape index (κ2) is 8.05. The number of rotatable bonds is 7. The Balaban J connectivity index is 1.66. The lowest BCUT2D eigenvalue weighted by Gasteiger charge is -2.36. The molecule has 1 unspecified atom stereocenters. The Labute approximate surface area is 165 Å². The molecule has 0 aliphatic carbocycles. The van der Waals surface area contributed by atoms with E-state index in [-0.39, 0.29) is 12.4 Å². The number of nitrogens with zero attached hydrogens (tertiary/aromatic N) is 1. The van der Waals surface area contributed by atoms with Gasteiger partial charge in [0.2, 0.25) is 0 Å². The standard InChI is InChI=1S/C23H27NO4/c1-16-8-9-17-6-4-5-7-20(17)24(16)14-21(25)18-10-12-19(13-11-18)28-15-23(2,3)22(26)27/h4-7,10-13,16H,8-9,14-15H2,1-3H3,(H,26,27). The van der Waals surface area contributed by atoms with Crippen LogP contribution in [0.2, 0.25) is 0 Å². The van der Waals surface area contributed by atoms with E-state index in [2.05, 4.69) is 24.0 Å². The molecule has 2 aromatic carbocycles. The summed E-state index contributed by atoms with van der Waals surface area (Å²) >= 11 is 0. The quantitative estimate of drug-likeness (QED) is 0.728. The molecule has 0 saturated heterocycles. The van der Waals surface area contributed by atoms with Gasteiger partial charge in [-0.15, -0.1) is 0 Å². The molecule has 0 saturated carbocycles. The number of hydrogen-bond donors (Lipinski definition) is 1. The van der Waals surface area contributed by atoms with E-state index >= 15 is 0 Å². The molecular weight excluding hydrogens is 354 g/mol. The number of ether oxygens (including phenoxy) is 1. The van der Waals surface area contributed by atoms with Crippen molar-refractivity contribution in [2.24, 2.45) is 5.41 Å². The summed E-state index contributed by atoms with van der Waals surface area (Å²) in [6.07, 6.45) is 2.08. The number of carboxylic acids is 1. The molecule has 1 heterocycles. The van der Waals surface area contributed by atoms with Crippen molar-refractivity contribution in [3.05, 3.63) is 59.7 Å². The molecule has 0 bridgehead atoms. The lowest BCUT2D eigenvalue weighted by molar-refractivity contribution is -0.148. The van der Waals surface area contributed by atoms with Gasteiger partial charge in [-0.05, 0) is 69.5 Å². The lowest BCUT2D eigenvalue weighted by Crippen LogP contribution is -2.40. The van der Waals surface area contributed by atoms with Crippen LogP contribution >= 0.6 is 0 Å². The minimum atomic E-state index is -0.966. The second-order valence-corrected chi connectivity index (χ2v) is 8.07. The fraction of sp³-hybridized carbons (Fsp3) is 0.391. The van der Waals surface area contributed by atoms with Crippen LogP contribution < -0.4 is 9.64 Å². The van der Waals surface area contributed by atoms with Crippen LogP contribution in [0.1, 0.15) is 43.1 Å². The molecule has 5 nitrogen and oxygen atoms in total. The highest BCUT2D eigenvalue weighted by Crippen LogP contribution is 2.30. The Bertz CT molecular complexity index is 857. The Morgan fingerprint density at radius 2 is 1.82 bits per heavy atom. The lowest BCUT2D eigenvalue weighted by atomic mass is 9.95. The van der Waals surface area contributed by atoms with Crippen molar-refractivity contribution in [1.29, 1.82) is 0 Å². The molecule has 0 amide bonds. The zero-order chi connectivity index (χ0) is 20.3. The molecule has 0 aromatic heterocycles. The van der Waals surface area contributed by atoms with E-state index in [1.54, 1.807) is 38.1 Å². The van der Waals surface area contributed by atoms with Gasteiger partial charge in [0.15, 0.2) is 5.78 Å². The summed E-state index contributed by atoms with van der Waals surface area (Å²) in [6.45, 7) is 5.79. The van der Waals surface area contributed by atoms with Crippen molar-refractivity contribution in [2.75, 3.05) is 18.1 Å². The van der Waals surface area contributed by atoms with E-state index in [0.717, 1.165) is 18.5 Å². The number of carbonyl (C=O) groups excluding carboxylic acids is 1. The van der Waals surface area contributed by atoms with E-state index in [1.807, 2.05) is 12.1 Å². The molecule has 0 fully saturated rings. The molecule has 3 rings (SSSR count). The number of anilines is 1. The van der Waals surface area contributed by atoms with Gasteiger partial charge < -0.3 is 14.7 Å². The predicted molar refractivity (Wildman–Crippen MR) is 109 cm³/mol. The fourth-order valence-corrected chi connectivity index (χ4v) is 3.31. The number of aryl methyl sites for hydroxylation is 1. The molecule has 5 heteroatoms. The van der Waals surface area contributed by atoms with Crippen LogP contribution in [0.4, 0.5) is 5.69 Å². The summed E-state index contributed by atoms with van der Waals surface area (Å²) in [5.41, 5.74) is 2.09. The van der Waals surface area contributed by atoms with Crippen LogP contribution in [-0.4, -0.2) is 36.1 Å². The maximum atomic E-state index is 12.8. The van der Waals surface area contributed by atoms with E-state index in [4.69, 9.17) is 9.84 Å². The van der Waals surface area contributed by atoms with Crippen molar-refractivity contribution >= 4 is 17.4 Å². The number of ketones is 1. The van der Waals surface area contributed by atoms with E-state index in [9.17, 15) is 9.59 Å².